The van der Waals surface area contributed by atoms with Crippen molar-refractivity contribution < 1.29 is 33.8 Å². The Kier molecular flexibility index (Phi) is 10.7. The van der Waals surface area contributed by atoms with Gasteiger partial charge in [-0.3, -0.25) is 9.69 Å². The number of fused-ring (bicyclic) bond motifs is 3. The Balaban J connectivity index is 1.02. The number of carbonyl (C=O) groups is 4. The third kappa shape index (κ3) is 7.76. The van der Waals surface area contributed by atoms with Gasteiger partial charge in [0.2, 0.25) is 11.3 Å². The highest BCUT2D eigenvalue weighted by atomic mass is 32.2. The highest BCUT2D eigenvalue weighted by Crippen LogP contribution is 2.44. The maximum atomic E-state index is 12.8. The lowest BCUT2D eigenvalue weighted by Gasteiger charge is -2.22. The molecule has 3 aromatic rings. The number of carboxylic acids is 1. The molecule has 0 aromatic heterocycles. The van der Waals surface area contributed by atoms with E-state index in [9.17, 15) is 24.3 Å². The van der Waals surface area contributed by atoms with Gasteiger partial charge in [-0.25, -0.2) is 14.4 Å². The van der Waals surface area contributed by atoms with Gasteiger partial charge in [0.1, 0.15) is 25.3 Å². The molecule has 5 rings (SSSR count). The maximum Gasteiger partial charge on any atom is 0.411 e. The Bertz CT molecular complexity index is 1580. The molecule has 3 aromatic carbocycles. The van der Waals surface area contributed by atoms with Crippen LogP contribution in [0.1, 0.15) is 41.9 Å². The molecule has 12 nitrogen and oxygen atoms in total. The van der Waals surface area contributed by atoms with Gasteiger partial charge >= 0.3 is 23.8 Å². The van der Waals surface area contributed by atoms with E-state index in [1.54, 1.807) is 24.3 Å². The Hall–Kier alpha value is -5.09. The first-order chi connectivity index (χ1) is 22.4. The van der Waals surface area contributed by atoms with E-state index in [-0.39, 0.29) is 38.0 Å². The Morgan fingerprint density at radius 2 is 1.63 bits per heavy atom. The standard InChI is InChI=1S/C33H33N5O7S/c34-37-22-14-12-21(13-15-22)17-45-33(43)38-20-46-19-29(38)30(39)35-16-6-5-11-28(31(40)41)36-32(42)44-18-27-25-9-3-1-7-23(25)24-8-2-4-10-26(24)27/h1-4,7-10,12-15,27-29H,5-6,11,16-20H2,(H2-,35,36,39,40,41,42)/p+1/t28-,29-/m0/s1. The van der Waals surface area contributed by atoms with Crippen LogP contribution in [0.4, 0.5) is 15.3 Å². The fourth-order valence-electron chi connectivity index (χ4n) is 5.57. The monoisotopic (exact) mass is 644 g/mol. The maximum absolute atomic E-state index is 12.8. The Morgan fingerprint density at radius 3 is 2.28 bits per heavy atom. The number of nitrogens with one attached hydrogen (secondary N) is 2. The van der Waals surface area contributed by atoms with Gasteiger partial charge in [-0.1, -0.05) is 48.5 Å². The predicted molar refractivity (Wildman–Crippen MR) is 171 cm³/mol. The number of ether oxygens (including phenoxy) is 2. The highest BCUT2D eigenvalue weighted by Gasteiger charge is 2.35. The number of aliphatic carboxylic acids is 1. The lowest BCUT2D eigenvalue weighted by Crippen LogP contribution is -2.47. The minimum Gasteiger partial charge on any atom is -0.480 e. The number of thioether (sulfide) groups is 1. The highest BCUT2D eigenvalue weighted by molar-refractivity contribution is 7.99. The molecule has 1 saturated heterocycles. The van der Waals surface area contributed by atoms with Crippen LogP contribution in [0.2, 0.25) is 0 Å². The number of nitrogens with zero attached hydrogens (tertiary/aromatic N) is 3. The first-order valence-electron chi connectivity index (χ1n) is 14.9. The molecule has 0 saturated carbocycles. The lowest BCUT2D eigenvalue weighted by atomic mass is 9.98. The predicted octanol–water partition coefficient (Wildman–Crippen LogP) is 5.46. The first kappa shape index (κ1) is 32.3. The molecule has 46 heavy (non-hydrogen) atoms. The van der Waals surface area contributed by atoms with E-state index in [4.69, 9.17) is 14.9 Å². The third-order valence-corrected chi connectivity index (χ3v) is 9.00. The zero-order chi connectivity index (χ0) is 32.5. The van der Waals surface area contributed by atoms with Gasteiger partial charge in [0.25, 0.3) is 0 Å². The molecule has 3 N–H and O–H groups in total. The van der Waals surface area contributed by atoms with Crippen LogP contribution in [0.15, 0.2) is 72.8 Å². The van der Waals surface area contributed by atoms with Crippen molar-refractivity contribution in [3.8, 4) is 11.1 Å². The largest absolute Gasteiger partial charge is 0.480 e. The molecule has 0 spiro atoms. The van der Waals surface area contributed by atoms with Crippen LogP contribution in [0.25, 0.3) is 16.1 Å². The molecule has 0 unspecified atom stereocenters. The second-order valence-electron chi connectivity index (χ2n) is 11.0. The molecule has 0 radical (unpaired) electrons. The number of amides is 3. The number of unbranched alkanes of at least 4 members (excludes halogenated alkanes) is 1. The summed E-state index contributed by atoms with van der Waals surface area (Å²) < 4.78 is 10.9. The molecule has 238 valence electrons. The van der Waals surface area contributed by atoms with Crippen molar-refractivity contribution in [3.63, 3.8) is 0 Å². The lowest BCUT2D eigenvalue weighted by molar-refractivity contribution is -0.139. The van der Waals surface area contributed by atoms with E-state index in [1.165, 1.54) is 16.7 Å². The molecule has 1 fully saturated rings. The molecular weight excluding hydrogens is 610 g/mol. The van der Waals surface area contributed by atoms with Crippen molar-refractivity contribution in [1.29, 1.82) is 5.39 Å². The second kappa shape index (κ2) is 15.3. The summed E-state index contributed by atoms with van der Waals surface area (Å²) in [5.74, 6) is -0.876. The SMILES string of the molecule is N#[N+]c1ccc(COC(=O)N2CSC[C@H]2C(=O)NCCCC[C@H](NC(=O)OCC2c3ccccc3-c3ccccc32)C(=O)O)cc1. The number of hydrogen-bond donors (Lipinski definition) is 3. The average Bonchev–Trinajstić information content (AvgIpc) is 3.69. The molecule has 3 amide bonds. The van der Waals surface area contributed by atoms with E-state index in [1.807, 2.05) is 48.5 Å². The number of diazo groups is 1. The van der Waals surface area contributed by atoms with Gasteiger partial charge in [-0.05, 0) is 59.2 Å². The second-order valence-corrected chi connectivity index (χ2v) is 12.0. The summed E-state index contributed by atoms with van der Waals surface area (Å²) in [7, 11) is 0. The summed E-state index contributed by atoms with van der Waals surface area (Å²) in [4.78, 5) is 54.3. The normalized spacial score (nSPS) is 15.6. The molecule has 0 bridgehead atoms. The van der Waals surface area contributed by atoms with Gasteiger partial charge in [-0.2, -0.15) is 0 Å². The fraction of sp³-hybridized carbons (Fsp3) is 0.333. The van der Waals surface area contributed by atoms with Crippen LogP contribution in [-0.2, 0) is 25.7 Å². The zero-order valence-electron chi connectivity index (χ0n) is 25.0. The Labute approximate surface area is 270 Å². The van der Waals surface area contributed by atoms with Gasteiger partial charge in [0.05, 0.1) is 5.88 Å². The summed E-state index contributed by atoms with van der Waals surface area (Å²) in [5, 5.41) is 23.7. The topological polar surface area (TPSA) is 162 Å². The van der Waals surface area contributed by atoms with Crippen molar-refractivity contribution in [3.05, 3.63) is 94.5 Å². The fourth-order valence-corrected chi connectivity index (χ4v) is 6.71. The summed E-state index contributed by atoms with van der Waals surface area (Å²) in [5.41, 5.74) is 5.41. The van der Waals surface area contributed by atoms with Gasteiger partial charge < -0.3 is 25.2 Å². The first-order valence-corrected chi connectivity index (χ1v) is 16.1. The number of benzene rings is 3. The number of carbonyl (C=O) groups excluding carboxylic acids is 3. The molecule has 1 heterocycles. The number of rotatable bonds is 12. The number of hydrogen-bond acceptors (Lipinski definition) is 8. The third-order valence-electron chi connectivity index (χ3n) is 7.99. The van der Waals surface area contributed by atoms with Crippen molar-refractivity contribution in [1.82, 2.24) is 15.5 Å². The Morgan fingerprint density at radius 1 is 0.957 bits per heavy atom. The summed E-state index contributed by atoms with van der Waals surface area (Å²) in [6.07, 6.45) is -0.354. The minimum absolute atomic E-state index is 0.00880. The molecule has 1 aliphatic heterocycles. The van der Waals surface area contributed by atoms with Gasteiger partial charge in [0.15, 0.2) is 4.98 Å². The zero-order valence-corrected chi connectivity index (χ0v) is 25.8. The van der Waals surface area contributed by atoms with Gasteiger partial charge in [-0.15, -0.1) is 11.8 Å². The van der Waals surface area contributed by atoms with Crippen molar-refractivity contribution in [2.75, 3.05) is 24.8 Å². The number of carboxylic acid groups (broad SMARTS) is 1. The van der Waals surface area contributed by atoms with Crippen LogP contribution in [0.3, 0.4) is 0 Å². The van der Waals surface area contributed by atoms with Crippen LogP contribution >= 0.6 is 11.8 Å². The minimum atomic E-state index is -1.17. The summed E-state index contributed by atoms with van der Waals surface area (Å²) >= 11 is 1.44. The quantitative estimate of drug-likeness (QED) is 0.172. The van der Waals surface area contributed by atoms with E-state index in [2.05, 4.69) is 15.6 Å². The molecule has 13 heteroatoms. The van der Waals surface area contributed by atoms with Gasteiger partial charge in [0, 0.05) is 30.3 Å². The van der Waals surface area contributed by atoms with Crippen LogP contribution in [0, 0.1) is 5.39 Å². The molecular formula is C33H34N5O7S+. The smallest absolute Gasteiger partial charge is 0.411 e. The molecule has 1 aliphatic carbocycles. The van der Waals surface area contributed by atoms with Crippen molar-refractivity contribution in [2.24, 2.45) is 0 Å². The van der Waals surface area contributed by atoms with Crippen molar-refractivity contribution in [2.45, 2.75) is 43.9 Å². The van der Waals surface area contributed by atoms with Crippen LogP contribution < -0.4 is 10.6 Å². The van der Waals surface area contributed by atoms with E-state index in [0.29, 0.717) is 35.7 Å². The van der Waals surface area contributed by atoms with E-state index in [0.717, 1.165) is 22.3 Å². The van der Waals surface area contributed by atoms with E-state index < -0.39 is 30.2 Å². The summed E-state index contributed by atoms with van der Waals surface area (Å²) in [6.45, 7) is 0.369. The van der Waals surface area contributed by atoms with Crippen LogP contribution in [0.5, 0.6) is 0 Å². The van der Waals surface area contributed by atoms with E-state index >= 15 is 0 Å². The molecule has 2 atom stereocenters. The summed E-state index contributed by atoms with van der Waals surface area (Å²) in [6, 6.07) is 20.6. The van der Waals surface area contributed by atoms with Crippen molar-refractivity contribution >= 4 is 41.5 Å². The molecule has 2 aliphatic rings. The number of alkyl carbamates (subject to hydrolysis) is 1. The van der Waals surface area contributed by atoms with Crippen LogP contribution in [-0.4, -0.2) is 70.9 Å². The average molecular weight is 645 g/mol.